The molecule has 0 radical (unpaired) electrons. The molecule has 0 aliphatic carbocycles. The Hall–Kier alpha value is -3.71. The molecule has 7 nitrogen and oxygen atoms in total. The third kappa shape index (κ3) is 5.20. The molecule has 1 amide bonds. The quantitative estimate of drug-likeness (QED) is 0.389. The van der Waals surface area contributed by atoms with Gasteiger partial charge in [0.25, 0.3) is 0 Å². The van der Waals surface area contributed by atoms with Crippen molar-refractivity contribution in [3.05, 3.63) is 90.0 Å². The summed E-state index contributed by atoms with van der Waals surface area (Å²) in [6, 6.07) is 17.6. The summed E-state index contributed by atoms with van der Waals surface area (Å²) in [7, 11) is 1.87. The first kappa shape index (κ1) is 23.1. The van der Waals surface area contributed by atoms with E-state index in [0.29, 0.717) is 18.1 Å². The predicted molar refractivity (Wildman–Crippen MR) is 137 cm³/mol. The van der Waals surface area contributed by atoms with Crippen molar-refractivity contribution in [2.75, 3.05) is 25.0 Å². The summed E-state index contributed by atoms with van der Waals surface area (Å²) < 4.78 is 1.87. The average molecular weight is 487 g/mol. The fraction of sp³-hybridized carbons (Fsp3) is 0.259. The van der Waals surface area contributed by atoms with Crippen molar-refractivity contribution in [1.29, 1.82) is 0 Å². The minimum absolute atomic E-state index is 0.0843. The van der Waals surface area contributed by atoms with Crippen molar-refractivity contribution >= 4 is 23.3 Å². The van der Waals surface area contributed by atoms with Crippen LogP contribution in [0.15, 0.2) is 79.4 Å². The average Bonchev–Trinajstić information content (AvgIpc) is 3.33. The van der Waals surface area contributed by atoms with Gasteiger partial charge in [0.2, 0.25) is 5.91 Å². The van der Waals surface area contributed by atoms with Crippen LogP contribution in [0.5, 0.6) is 0 Å². The summed E-state index contributed by atoms with van der Waals surface area (Å²) in [5.74, 6) is 0.869. The lowest BCUT2D eigenvalue weighted by Crippen LogP contribution is -2.43. The number of halogens is 1. The molecule has 0 N–H and O–H groups in total. The molecule has 1 saturated heterocycles. The molecular formula is C27H27ClN6O. The van der Waals surface area contributed by atoms with Crippen molar-refractivity contribution in [2.45, 2.75) is 19.4 Å². The van der Waals surface area contributed by atoms with E-state index in [0.717, 1.165) is 47.7 Å². The molecule has 0 saturated carbocycles. The van der Waals surface area contributed by atoms with Gasteiger partial charge < -0.3 is 9.80 Å². The first-order valence-electron chi connectivity index (χ1n) is 11.7. The topological polar surface area (TPSA) is 67.2 Å². The Morgan fingerprint density at radius 3 is 2.66 bits per heavy atom. The molecule has 5 rings (SSSR count). The number of piperidine rings is 1. The molecule has 2 aromatic heterocycles. The minimum atomic E-state index is -0.0843. The Morgan fingerprint density at radius 1 is 1.11 bits per heavy atom. The van der Waals surface area contributed by atoms with Crippen molar-refractivity contribution < 1.29 is 4.79 Å². The van der Waals surface area contributed by atoms with Crippen molar-refractivity contribution in [3.63, 3.8) is 0 Å². The zero-order valence-corrected chi connectivity index (χ0v) is 20.3. The van der Waals surface area contributed by atoms with E-state index >= 15 is 0 Å². The van der Waals surface area contributed by atoms with Gasteiger partial charge >= 0.3 is 0 Å². The van der Waals surface area contributed by atoms with Crippen LogP contribution in [0.3, 0.4) is 0 Å². The first-order chi connectivity index (χ1) is 17.1. The van der Waals surface area contributed by atoms with E-state index in [1.54, 1.807) is 18.6 Å². The SMILES string of the molecule is CN(Cc1cn(-c2ccccc2)nc1-c1ccc(Cl)cc1)C(=O)C1CCCN(c2cnccn2)C1. The van der Waals surface area contributed by atoms with Crippen LogP contribution in [0.25, 0.3) is 16.9 Å². The van der Waals surface area contributed by atoms with Gasteiger partial charge in [-0.2, -0.15) is 5.10 Å². The third-order valence-electron chi connectivity index (χ3n) is 6.36. The summed E-state index contributed by atoms with van der Waals surface area (Å²) in [4.78, 5) is 26.0. The summed E-state index contributed by atoms with van der Waals surface area (Å²) in [5.41, 5.74) is 3.75. The van der Waals surface area contributed by atoms with E-state index in [1.165, 1.54) is 0 Å². The van der Waals surface area contributed by atoms with Crippen LogP contribution in [0, 0.1) is 5.92 Å². The molecule has 1 aliphatic rings. The molecule has 2 aromatic carbocycles. The number of carbonyl (C=O) groups is 1. The van der Waals surface area contributed by atoms with Crippen LogP contribution in [0.4, 0.5) is 5.82 Å². The van der Waals surface area contributed by atoms with E-state index in [9.17, 15) is 4.79 Å². The number of hydrogen-bond acceptors (Lipinski definition) is 5. The van der Waals surface area contributed by atoms with E-state index < -0.39 is 0 Å². The van der Waals surface area contributed by atoms with Gasteiger partial charge in [-0.15, -0.1) is 0 Å². The lowest BCUT2D eigenvalue weighted by molar-refractivity contribution is -0.135. The first-order valence-corrected chi connectivity index (χ1v) is 12.1. The third-order valence-corrected chi connectivity index (χ3v) is 6.61. The van der Waals surface area contributed by atoms with Crippen LogP contribution in [-0.2, 0) is 11.3 Å². The van der Waals surface area contributed by atoms with Crippen molar-refractivity contribution in [3.8, 4) is 16.9 Å². The number of hydrogen-bond donors (Lipinski definition) is 0. The highest BCUT2D eigenvalue weighted by molar-refractivity contribution is 6.30. The van der Waals surface area contributed by atoms with Gasteiger partial charge in [0.15, 0.2) is 0 Å². The fourth-order valence-electron chi connectivity index (χ4n) is 4.58. The van der Waals surface area contributed by atoms with Gasteiger partial charge in [0, 0.05) is 61.4 Å². The van der Waals surface area contributed by atoms with Crippen molar-refractivity contribution in [1.82, 2.24) is 24.6 Å². The van der Waals surface area contributed by atoms with Gasteiger partial charge in [-0.1, -0.05) is 41.9 Å². The zero-order chi connectivity index (χ0) is 24.2. The highest BCUT2D eigenvalue weighted by atomic mass is 35.5. The highest BCUT2D eigenvalue weighted by Gasteiger charge is 2.29. The highest BCUT2D eigenvalue weighted by Crippen LogP contribution is 2.28. The lowest BCUT2D eigenvalue weighted by Gasteiger charge is -2.34. The molecule has 0 spiro atoms. The Labute approximate surface area is 210 Å². The molecule has 4 aromatic rings. The number of aromatic nitrogens is 4. The number of benzene rings is 2. The predicted octanol–water partition coefficient (Wildman–Crippen LogP) is 4.86. The normalized spacial score (nSPS) is 15.7. The zero-order valence-electron chi connectivity index (χ0n) is 19.6. The minimum Gasteiger partial charge on any atom is -0.355 e. The van der Waals surface area contributed by atoms with E-state index in [2.05, 4.69) is 14.9 Å². The Kier molecular flexibility index (Phi) is 6.77. The summed E-state index contributed by atoms with van der Waals surface area (Å²) in [6.45, 7) is 2.00. The van der Waals surface area contributed by atoms with Gasteiger partial charge in [-0.05, 0) is 37.1 Å². The summed E-state index contributed by atoms with van der Waals surface area (Å²) >= 11 is 6.12. The maximum absolute atomic E-state index is 13.5. The van der Waals surface area contributed by atoms with Crippen LogP contribution in [-0.4, -0.2) is 50.7 Å². The smallest absolute Gasteiger partial charge is 0.227 e. The van der Waals surface area contributed by atoms with Gasteiger partial charge in [-0.25, -0.2) is 9.67 Å². The molecule has 1 unspecified atom stereocenters. The van der Waals surface area contributed by atoms with Crippen LogP contribution < -0.4 is 4.90 Å². The molecular weight excluding hydrogens is 460 g/mol. The number of para-hydroxylation sites is 1. The molecule has 1 atom stereocenters. The second-order valence-corrected chi connectivity index (χ2v) is 9.27. The standard InChI is InChI=1S/C27H27ClN6O/c1-32(27(35)21-6-5-15-33(18-21)25-16-29-13-14-30-25)17-22-19-34(24-7-3-2-4-8-24)31-26(22)20-9-11-23(28)12-10-20/h2-4,7-14,16,19,21H,5-6,15,17-18H2,1H3. The molecule has 1 fully saturated rings. The molecule has 0 bridgehead atoms. The molecule has 35 heavy (non-hydrogen) atoms. The Bertz CT molecular complexity index is 1280. The Balaban J connectivity index is 1.38. The monoisotopic (exact) mass is 486 g/mol. The molecule has 178 valence electrons. The maximum Gasteiger partial charge on any atom is 0.227 e. The van der Waals surface area contributed by atoms with Crippen molar-refractivity contribution in [2.24, 2.45) is 5.92 Å². The number of carbonyl (C=O) groups excluding carboxylic acids is 1. The fourth-order valence-corrected chi connectivity index (χ4v) is 4.70. The van der Waals surface area contributed by atoms with E-state index in [1.807, 2.05) is 77.4 Å². The van der Waals surface area contributed by atoms with E-state index in [-0.39, 0.29) is 11.8 Å². The van der Waals surface area contributed by atoms with E-state index in [4.69, 9.17) is 16.7 Å². The molecule has 8 heteroatoms. The maximum atomic E-state index is 13.5. The van der Waals surface area contributed by atoms with Gasteiger partial charge in [0.1, 0.15) is 5.82 Å². The van der Waals surface area contributed by atoms with Crippen LogP contribution >= 0.6 is 11.6 Å². The number of amides is 1. The second-order valence-electron chi connectivity index (χ2n) is 8.83. The second kappa shape index (κ2) is 10.3. The van der Waals surface area contributed by atoms with Crippen LogP contribution in [0.2, 0.25) is 5.02 Å². The number of rotatable bonds is 6. The largest absolute Gasteiger partial charge is 0.355 e. The number of nitrogens with zero attached hydrogens (tertiary/aromatic N) is 6. The lowest BCUT2D eigenvalue weighted by atomic mass is 9.96. The number of anilines is 1. The molecule has 1 aliphatic heterocycles. The summed E-state index contributed by atoms with van der Waals surface area (Å²) in [6.07, 6.45) is 8.94. The Morgan fingerprint density at radius 2 is 1.91 bits per heavy atom. The van der Waals surface area contributed by atoms with Crippen LogP contribution in [0.1, 0.15) is 18.4 Å². The van der Waals surface area contributed by atoms with Gasteiger partial charge in [-0.3, -0.25) is 9.78 Å². The molecule has 3 heterocycles. The van der Waals surface area contributed by atoms with Gasteiger partial charge in [0.05, 0.1) is 23.5 Å². The summed E-state index contributed by atoms with van der Waals surface area (Å²) in [5, 5.41) is 5.55.